The van der Waals surface area contributed by atoms with E-state index < -0.39 is 10.0 Å². The first-order valence-corrected chi connectivity index (χ1v) is 15.4. The average molecular weight is 552 g/mol. The van der Waals surface area contributed by atoms with E-state index in [1.807, 2.05) is 11.8 Å². The van der Waals surface area contributed by atoms with Gasteiger partial charge in [-0.05, 0) is 68.2 Å². The first kappa shape index (κ1) is 25.3. The van der Waals surface area contributed by atoms with Crippen LogP contribution in [0.15, 0.2) is 53.2 Å². The van der Waals surface area contributed by atoms with E-state index >= 15 is 0 Å². The number of fused-ring (bicyclic) bond motifs is 1. The second-order valence-corrected chi connectivity index (χ2v) is 12.7. The number of hydrogen-bond donors (Lipinski definition) is 4. The molecule has 0 bridgehead atoms. The van der Waals surface area contributed by atoms with Crippen molar-refractivity contribution in [3.05, 3.63) is 58.7 Å². The molecule has 0 spiro atoms. The van der Waals surface area contributed by atoms with Gasteiger partial charge in [-0.25, -0.2) is 18.1 Å². The molecule has 13 heteroatoms. The SMILES string of the molecule is O=C(NC1CCC(NS(=O)(=O)C2=C(O)C=CN3SNC=C23)CC1)c1cccnc1OC1CCSCC1. The number of carbonyl (C=O) groups excluding carboxylic acids is 1. The molecule has 1 aromatic rings. The van der Waals surface area contributed by atoms with Gasteiger partial charge in [0, 0.05) is 30.7 Å². The van der Waals surface area contributed by atoms with Crippen molar-refractivity contribution >= 4 is 39.8 Å². The Balaban J connectivity index is 1.17. The maximum absolute atomic E-state index is 13.1. The molecule has 1 saturated carbocycles. The molecule has 4 aliphatic rings. The summed E-state index contributed by atoms with van der Waals surface area (Å²) in [5.74, 6) is 1.94. The quantitative estimate of drug-likeness (QED) is 0.375. The largest absolute Gasteiger partial charge is 0.506 e. The van der Waals surface area contributed by atoms with Gasteiger partial charge in [0.25, 0.3) is 5.91 Å². The number of pyridine rings is 1. The molecular weight excluding hydrogens is 522 g/mol. The van der Waals surface area contributed by atoms with Crippen LogP contribution in [-0.4, -0.2) is 58.4 Å². The van der Waals surface area contributed by atoms with Crippen LogP contribution in [-0.2, 0) is 10.0 Å². The molecule has 1 aromatic heterocycles. The Kier molecular flexibility index (Phi) is 7.70. The zero-order chi connectivity index (χ0) is 25.1. The third-order valence-corrected chi connectivity index (χ3v) is 9.92. The van der Waals surface area contributed by atoms with Gasteiger partial charge in [0.2, 0.25) is 15.9 Å². The summed E-state index contributed by atoms with van der Waals surface area (Å²) >= 11 is 3.13. The Morgan fingerprint density at radius 1 is 1.17 bits per heavy atom. The number of amides is 1. The Labute approximate surface area is 219 Å². The van der Waals surface area contributed by atoms with E-state index in [4.69, 9.17) is 4.74 Å². The summed E-state index contributed by atoms with van der Waals surface area (Å²) in [6.45, 7) is 0. The molecule has 5 rings (SSSR count). The molecule has 3 aliphatic heterocycles. The number of thioether (sulfide) groups is 1. The lowest BCUT2D eigenvalue weighted by atomic mass is 9.91. The first-order valence-electron chi connectivity index (χ1n) is 12.0. The molecule has 4 N–H and O–H groups in total. The monoisotopic (exact) mass is 551 g/mol. The van der Waals surface area contributed by atoms with Gasteiger partial charge in [-0.2, -0.15) is 11.8 Å². The number of aliphatic hydroxyl groups is 1. The van der Waals surface area contributed by atoms with Crippen LogP contribution in [0.1, 0.15) is 48.9 Å². The Morgan fingerprint density at radius 3 is 2.69 bits per heavy atom. The number of nitrogens with one attached hydrogen (secondary N) is 3. The minimum atomic E-state index is -3.94. The molecule has 4 heterocycles. The smallest absolute Gasteiger partial charge is 0.256 e. The fourth-order valence-electron chi connectivity index (χ4n) is 4.65. The molecule has 1 saturated heterocycles. The predicted molar refractivity (Wildman–Crippen MR) is 140 cm³/mol. The second-order valence-electron chi connectivity index (χ2n) is 9.02. The van der Waals surface area contributed by atoms with E-state index in [1.165, 1.54) is 18.2 Å². The van der Waals surface area contributed by atoms with Gasteiger partial charge >= 0.3 is 0 Å². The molecular formula is C23H29N5O5S3. The molecule has 0 radical (unpaired) electrons. The van der Waals surface area contributed by atoms with Crippen molar-refractivity contribution in [2.45, 2.75) is 56.7 Å². The lowest BCUT2D eigenvalue weighted by Crippen LogP contribution is -2.44. The van der Waals surface area contributed by atoms with Crippen LogP contribution in [0.5, 0.6) is 5.88 Å². The molecule has 10 nitrogen and oxygen atoms in total. The van der Waals surface area contributed by atoms with Gasteiger partial charge in [0.1, 0.15) is 22.3 Å². The zero-order valence-electron chi connectivity index (χ0n) is 19.6. The Hall–Kier alpha value is -2.35. The molecule has 0 unspecified atom stereocenters. The molecule has 194 valence electrons. The van der Waals surface area contributed by atoms with E-state index in [2.05, 4.69) is 19.7 Å². The fraction of sp³-hybridized carbons (Fsp3) is 0.478. The van der Waals surface area contributed by atoms with Crippen LogP contribution in [0.25, 0.3) is 0 Å². The van der Waals surface area contributed by atoms with Gasteiger partial charge in [-0.3, -0.25) is 9.10 Å². The molecule has 1 amide bonds. The first-order chi connectivity index (χ1) is 17.4. The Bertz CT molecular complexity index is 1190. The van der Waals surface area contributed by atoms with Crippen LogP contribution in [0.4, 0.5) is 0 Å². The van der Waals surface area contributed by atoms with Crippen LogP contribution in [0, 0.1) is 0 Å². The number of ether oxygens (including phenoxy) is 1. The molecule has 1 aliphatic carbocycles. The van der Waals surface area contributed by atoms with Gasteiger partial charge in [-0.15, -0.1) is 0 Å². The highest BCUT2D eigenvalue weighted by Crippen LogP contribution is 2.35. The third kappa shape index (κ3) is 5.63. The van der Waals surface area contributed by atoms with Crippen LogP contribution in [0.3, 0.4) is 0 Å². The van der Waals surface area contributed by atoms with Crippen molar-refractivity contribution in [2.24, 2.45) is 0 Å². The van der Waals surface area contributed by atoms with Crippen LogP contribution < -0.4 is 19.5 Å². The number of nitrogens with zero attached hydrogens (tertiary/aromatic N) is 2. The Morgan fingerprint density at radius 2 is 1.92 bits per heavy atom. The molecule has 36 heavy (non-hydrogen) atoms. The van der Waals surface area contributed by atoms with E-state index in [9.17, 15) is 18.3 Å². The van der Waals surface area contributed by atoms with E-state index in [1.54, 1.807) is 35.0 Å². The maximum Gasteiger partial charge on any atom is 0.256 e. The lowest BCUT2D eigenvalue weighted by molar-refractivity contribution is 0.0915. The lowest BCUT2D eigenvalue weighted by Gasteiger charge is -2.30. The van der Waals surface area contributed by atoms with Crippen molar-refractivity contribution in [1.29, 1.82) is 0 Å². The summed E-state index contributed by atoms with van der Waals surface area (Å²) in [6, 6.07) is 3.09. The fourth-order valence-corrected chi connectivity index (χ4v) is 7.99. The number of sulfonamides is 1. The highest BCUT2D eigenvalue weighted by Gasteiger charge is 2.36. The van der Waals surface area contributed by atoms with Crippen LogP contribution in [0.2, 0.25) is 0 Å². The van der Waals surface area contributed by atoms with E-state index in [-0.39, 0.29) is 34.8 Å². The number of allylic oxidation sites excluding steroid dienone is 1. The molecule has 0 atom stereocenters. The van der Waals surface area contributed by atoms with E-state index in [0.717, 1.165) is 24.3 Å². The minimum Gasteiger partial charge on any atom is -0.506 e. The number of aromatic nitrogens is 1. The number of carbonyl (C=O) groups is 1. The third-order valence-electron chi connectivity index (χ3n) is 6.53. The number of rotatable bonds is 7. The summed E-state index contributed by atoms with van der Waals surface area (Å²) < 4.78 is 39.5. The predicted octanol–water partition coefficient (Wildman–Crippen LogP) is 2.92. The maximum atomic E-state index is 13.1. The molecule has 2 fully saturated rings. The van der Waals surface area contributed by atoms with Crippen molar-refractivity contribution in [2.75, 3.05) is 11.5 Å². The van der Waals surface area contributed by atoms with Crippen molar-refractivity contribution < 1.29 is 23.1 Å². The van der Waals surface area contributed by atoms with Crippen molar-refractivity contribution in [3.63, 3.8) is 0 Å². The minimum absolute atomic E-state index is 0.0729. The summed E-state index contributed by atoms with van der Waals surface area (Å²) in [5, 5.41) is 13.3. The normalized spacial score (nSPS) is 24.7. The standard InChI is InChI=1S/C23H29N5O5S3/c29-20-7-11-28-19(14-25-35-28)21(20)36(31,32)27-16-5-3-15(4-6-16)26-22(30)18-2-1-10-24-23(18)33-17-8-12-34-13-9-17/h1-2,7,10-11,14-17,25,27,29H,3-6,8-9,12-13H2,(H,26,30). The zero-order valence-corrected chi connectivity index (χ0v) is 22.0. The van der Waals surface area contributed by atoms with E-state index in [0.29, 0.717) is 42.8 Å². The average Bonchev–Trinajstić information content (AvgIpc) is 3.34. The summed E-state index contributed by atoms with van der Waals surface area (Å²) in [7, 11) is -3.94. The highest BCUT2D eigenvalue weighted by molar-refractivity contribution is 7.99. The summed E-state index contributed by atoms with van der Waals surface area (Å²) in [6.07, 6.45) is 10.5. The van der Waals surface area contributed by atoms with Gasteiger partial charge < -0.3 is 19.9 Å². The van der Waals surface area contributed by atoms with Gasteiger partial charge in [-0.1, -0.05) is 0 Å². The van der Waals surface area contributed by atoms with Crippen LogP contribution >= 0.6 is 23.9 Å². The summed E-state index contributed by atoms with van der Waals surface area (Å²) in [4.78, 5) is 17.2. The highest BCUT2D eigenvalue weighted by atomic mass is 32.2. The van der Waals surface area contributed by atoms with Crippen molar-refractivity contribution in [1.82, 2.24) is 24.1 Å². The van der Waals surface area contributed by atoms with Crippen molar-refractivity contribution in [3.8, 4) is 5.88 Å². The topological polar surface area (TPSA) is 133 Å². The second kappa shape index (κ2) is 11.0. The number of aliphatic hydroxyl groups excluding tert-OH is 1. The van der Waals surface area contributed by atoms with Gasteiger partial charge in [0.15, 0.2) is 0 Å². The summed E-state index contributed by atoms with van der Waals surface area (Å²) in [5.41, 5.74) is 0.808. The number of hydrogen-bond acceptors (Lipinski definition) is 10. The molecule has 0 aromatic carbocycles. The van der Waals surface area contributed by atoms with Gasteiger partial charge in [0.05, 0.1) is 17.8 Å².